The van der Waals surface area contributed by atoms with Gasteiger partial charge in [0.25, 0.3) is 10.0 Å². The first kappa shape index (κ1) is 15.9. The van der Waals surface area contributed by atoms with Crippen LogP contribution in [0.5, 0.6) is 0 Å². The van der Waals surface area contributed by atoms with E-state index in [0.717, 1.165) is 43.6 Å². The van der Waals surface area contributed by atoms with Gasteiger partial charge < -0.3 is 5.32 Å². The molecule has 114 valence electrons. The van der Waals surface area contributed by atoms with Crippen LogP contribution in [0, 0.1) is 0 Å². The fourth-order valence-corrected chi connectivity index (χ4v) is 5.92. The molecular weight excluding hydrogens is 292 g/mol. The van der Waals surface area contributed by atoms with Crippen LogP contribution in [0.3, 0.4) is 0 Å². The predicted octanol–water partition coefficient (Wildman–Crippen LogP) is 2.81. The molecule has 20 heavy (non-hydrogen) atoms. The van der Waals surface area contributed by atoms with Crippen LogP contribution in [-0.2, 0) is 16.6 Å². The van der Waals surface area contributed by atoms with Gasteiger partial charge in [0, 0.05) is 24.0 Å². The van der Waals surface area contributed by atoms with E-state index in [1.807, 2.05) is 19.9 Å². The minimum atomic E-state index is -3.31. The highest BCUT2D eigenvalue weighted by atomic mass is 32.2. The van der Waals surface area contributed by atoms with Crippen molar-refractivity contribution in [1.82, 2.24) is 9.62 Å². The van der Waals surface area contributed by atoms with E-state index >= 15 is 0 Å². The fraction of sp³-hybridized carbons (Fsp3) is 0.714. The van der Waals surface area contributed by atoms with Crippen molar-refractivity contribution in [2.45, 2.75) is 56.3 Å². The molecule has 0 radical (unpaired) electrons. The monoisotopic (exact) mass is 316 g/mol. The zero-order valence-corrected chi connectivity index (χ0v) is 13.9. The lowest BCUT2D eigenvalue weighted by molar-refractivity contribution is 0.336. The third kappa shape index (κ3) is 3.42. The average Bonchev–Trinajstić information content (AvgIpc) is 3.08. The maximum atomic E-state index is 12.8. The average molecular weight is 316 g/mol. The lowest BCUT2D eigenvalue weighted by Gasteiger charge is -2.25. The number of rotatable bonds is 7. The molecule has 4 nitrogen and oxygen atoms in total. The molecule has 1 saturated carbocycles. The molecule has 0 aromatic carbocycles. The van der Waals surface area contributed by atoms with Gasteiger partial charge in [-0.05, 0) is 31.5 Å². The van der Waals surface area contributed by atoms with E-state index in [1.54, 1.807) is 10.4 Å². The number of hydrogen-bond acceptors (Lipinski definition) is 4. The smallest absolute Gasteiger partial charge is 0.252 e. The van der Waals surface area contributed by atoms with Crippen molar-refractivity contribution in [2.75, 3.05) is 13.1 Å². The highest BCUT2D eigenvalue weighted by Gasteiger charge is 2.32. The molecule has 1 fully saturated rings. The van der Waals surface area contributed by atoms with Crippen LogP contribution in [0.1, 0.15) is 44.4 Å². The summed E-state index contributed by atoms with van der Waals surface area (Å²) in [6.07, 6.45) is 4.30. The van der Waals surface area contributed by atoms with Gasteiger partial charge in [0.15, 0.2) is 0 Å². The molecule has 1 aliphatic rings. The SMILES string of the molecule is CCNCc1ccc(S(=O)(=O)N(CC)C2CCCC2)s1. The zero-order chi connectivity index (χ0) is 14.6. The second-order valence-corrected chi connectivity index (χ2v) is 8.43. The van der Waals surface area contributed by atoms with Gasteiger partial charge in [-0.25, -0.2) is 8.42 Å². The Morgan fingerprint density at radius 1 is 1.30 bits per heavy atom. The van der Waals surface area contributed by atoms with Crippen LogP contribution in [-0.4, -0.2) is 31.9 Å². The largest absolute Gasteiger partial charge is 0.312 e. The Kier molecular flexibility index (Phi) is 5.60. The van der Waals surface area contributed by atoms with Crippen LogP contribution >= 0.6 is 11.3 Å². The van der Waals surface area contributed by atoms with Crippen molar-refractivity contribution in [2.24, 2.45) is 0 Å². The Balaban J connectivity index is 2.17. The van der Waals surface area contributed by atoms with Gasteiger partial charge in [0.2, 0.25) is 0 Å². The lowest BCUT2D eigenvalue weighted by atomic mass is 10.2. The van der Waals surface area contributed by atoms with Gasteiger partial charge in [-0.15, -0.1) is 11.3 Å². The molecule has 1 N–H and O–H groups in total. The first-order valence-corrected chi connectivity index (χ1v) is 9.66. The molecule has 0 bridgehead atoms. The Morgan fingerprint density at radius 2 is 2.00 bits per heavy atom. The van der Waals surface area contributed by atoms with Crippen LogP contribution < -0.4 is 5.32 Å². The first-order valence-electron chi connectivity index (χ1n) is 7.40. The molecule has 0 unspecified atom stereocenters. The summed E-state index contributed by atoms with van der Waals surface area (Å²) in [5.74, 6) is 0. The van der Waals surface area contributed by atoms with Gasteiger partial charge in [0.1, 0.15) is 4.21 Å². The molecule has 6 heteroatoms. The maximum Gasteiger partial charge on any atom is 0.252 e. The molecule has 0 atom stereocenters. The molecule has 0 saturated heterocycles. The van der Waals surface area contributed by atoms with E-state index in [4.69, 9.17) is 0 Å². The van der Waals surface area contributed by atoms with E-state index in [2.05, 4.69) is 5.32 Å². The Labute approximate surface area is 126 Å². The normalized spacial score (nSPS) is 17.1. The van der Waals surface area contributed by atoms with E-state index in [-0.39, 0.29) is 6.04 Å². The standard InChI is InChI=1S/C14H24N2O2S2/c1-3-15-11-13-9-10-14(19-13)20(17,18)16(4-2)12-7-5-6-8-12/h9-10,12,15H,3-8,11H2,1-2H3. The van der Waals surface area contributed by atoms with Gasteiger partial charge in [-0.2, -0.15) is 4.31 Å². The number of hydrogen-bond donors (Lipinski definition) is 1. The Hall–Kier alpha value is -0.430. The van der Waals surface area contributed by atoms with Gasteiger partial charge >= 0.3 is 0 Å². The summed E-state index contributed by atoms with van der Waals surface area (Å²) in [6.45, 7) is 6.18. The van der Waals surface area contributed by atoms with Crippen LogP contribution in [0.25, 0.3) is 0 Å². The van der Waals surface area contributed by atoms with Crippen LogP contribution in [0.15, 0.2) is 16.3 Å². The molecule has 1 heterocycles. The van der Waals surface area contributed by atoms with E-state index in [0.29, 0.717) is 10.8 Å². The summed E-state index contributed by atoms with van der Waals surface area (Å²) in [5.41, 5.74) is 0. The number of nitrogens with one attached hydrogen (secondary N) is 1. The second kappa shape index (κ2) is 7.02. The minimum absolute atomic E-state index is 0.198. The maximum absolute atomic E-state index is 12.8. The van der Waals surface area contributed by atoms with Crippen molar-refractivity contribution >= 4 is 21.4 Å². The van der Waals surface area contributed by atoms with Gasteiger partial charge in [0.05, 0.1) is 0 Å². The zero-order valence-electron chi connectivity index (χ0n) is 12.3. The topological polar surface area (TPSA) is 49.4 Å². The molecule has 1 aliphatic carbocycles. The molecule has 1 aromatic rings. The number of sulfonamides is 1. The van der Waals surface area contributed by atoms with Gasteiger partial charge in [-0.3, -0.25) is 0 Å². The lowest BCUT2D eigenvalue weighted by Crippen LogP contribution is -2.38. The van der Waals surface area contributed by atoms with Crippen molar-refractivity contribution < 1.29 is 8.42 Å². The minimum Gasteiger partial charge on any atom is -0.312 e. The predicted molar refractivity (Wildman–Crippen MR) is 83.5 cm³/mol. The summed E-state index contributed by atoms with van der Waals surface area (Å²) >= 11 is 1.39. The summed E-state index contributed by atoms with van der Waals surface area (Å²) in [7, 11) is -3.31. The van der Waals surface area contributed by atoms with Gasteiger partial charge in [-0.1, -0.05) is 26.7 Å². The quantitative estimate of drug-likeness (QED) is 0.841. The molecule has 0 amide bonds. The van der Waals surface area contributed by atoms with Crippen molar-refractivity contribution in [3.63, 3.8) is 0 Å². The third-order valence-corrected chi connectivity index (χ3v) is 7.37. The summed E-state index contributed by atoms with van der Waals surface area (Å²) in [5, 5.41) is 3.23. The third-order valence-electron chi connectivity index (χ3n) is 3.79. The van der Waals surface area contributed by atoms with E-state index < -0.39 is 10.0 Å². The van der Waals surface area contributed by atoms with Crippen LogP contribution in [0.4, 0.5) is 0 Å². The molecule has 0 spiro atoms. The van der Waals surface area contributed by atoms with Crippen molar-refractivity contribution in [3.05, 3.63) is 17.0 Å². The fourth-order valence-electron chi connectivity index (χ4n) is 2.77. The van der Waals surface area contributed by atoms with Crippen LogP contribution in [0.2, 0.25) is 0 Å². The molecule has 2 rings (SSSR count). The molecule has 0 aliphatic heterocycles. The number of thiophene rings is 1. The van der Waals surface area contributed by atoms with Crippen molar-refractivity contribution in [3.8, 4) is 0 Å². The van der Waals surface area contributed by atoms with E-state index in [1.165, 1.54) is 11.3 Å². The second-order valence-electron chi connectivity index (χ2n) is 5.15. The summed E-state index contributed by atoms with van der Waals surface area (Å²) < 4.78 is 27.7. The molecular formula is C14H24N2O2S2. The highest BCUT2D eigenvalue weighted by molar-refractivity contribution is 7.91. The summed E-state index contributed by atoms with van der Waals surface area (Å²) in [4.78, 5) is 1.08. The van der Waals surface area contributed by atoms with Crippen molar-refractivity contribution in [1.29, 1.82) is 0 Å². The highest BCUT2D eigenvalue weighted by Crippen LogP contribution is 2.31. The van der Waals surface area contributed by atoms with E-state index in [9.17, 15) is 8.42 Å². The number of nitrogens with zero attached hydrogens (tertiary/aromatic N) is 1. The summed E-state index contributed by atoms with van der Waals surface area (Å²) in [6, 6.07) is 3.87. The Morgan fingerprint density at radius 3 is 2.60 bits per heavy atom. The molecule has 1 aromatic heterocycles. The first-order chi connectivity index (χ1) is 9.59. The Bertz CT molecular complexity index is 519.